The Kier molecular flexibility index (Phi) is 3.69. The monoisotopic (exact) mass is 305 g/mol. The molecule has 0 saturated heterocycles. The van der Waals surface area contributed by atoms with Gasteiger partial charge in [0.1, 0.15) is 12.7 Å². The van der Waals surface area contributed by atoms with Gasteiger partial charge in [0, 0.05) is 68.2 Å². The Bertz CT molecular complexity index is 792. The van der Waals surface area contributed by atoms with Crippen LogP contribution in [-0.4, -0.2) is 41.3 Å². The van der Waals surface area contributed by atoms with Crippen molar-refractivity contribution in [1.82, 2.24) is 34.8 Å². The number of fused-ring (bicyclic) bond motifs is 1. The number of hydrogen-bond donors (Lipinski definition) is 0. The highest BCUT2D eigenvalue weighted by molar-refractivity contribution is 5.52. The lowest BCUT2D eigenvalue weighted by atomic mass is 10.1. The number of aromatic nitrogens is 6. The standard InChI is InChI=1S/C16H15N7/c1-2-23(8-12-3-17-10-18-4-12)9-14-7-21-16(22-15(1)14)13-5-19-11-20-6-13/h3-7,10-11H,1-2,8-9H2. The molecular formula is C16H15N7. The van der Waals surface area contributed by atoms with E-state index < -0.39 is 0 Å². The molecule has 1 aliphatic heterocycles. The van der Waals surface area contributed by atoms with Gasteiger partial charge in [-0.2, -0.15) is 0 Å². The van der Waals surface area contributed by atoms with Gasteiger partial charge < -0.3 is 0 Å². The summed E-state index contributed by atoms with van der Waals surface area (Å²) in [5.41, 5.74) is 4.25. The van der Waals surface area contributed by atoms with Crippen molar-refractivity contribution >= 4 is 0 Å². The molecule has 0 amide bonds. The third-order valence-electron chi connectivity index (χ3n) is 3.85. The van der Waals surface area contributed by atoms with E-state index in [0.717, 1.165) is 42.9 Å². The van der Waals surface area contributed by atoms with Crippen LogP contribution in [0.25, 0.3) is 11.4 Å². The molecule has 4 rings (SSSR count). The third-order valence-corrected chi connectivity index (χ3v) is 3.85. The van der Waals surface area contributed by atoms with E-state index in [1.54, 1.807) is 18.7 Å². The molecule has 0 atom stereocenters. The fraction of sp³-hybridized carbons (Fsp3) is 0.250. The van der Waals surface area contributed by atoms with Crippen LogP contribution in [0.2, 0.25) is 0 Å². The lowest BCUT2D eigenvalue weighted by molar-refractivity contribution is 0.242. The molecule has 0 N–H and O–H groups in total. The molecule has 7 heteroatoms. The van der Waals surface area contributed by atoms with Gasteiger partial charge in [-0.25, -0.2) is 29.9 Å². The van der Waals surface area contributed by atoms with E-state index in [4.69, 9.17) is 0 Å². The summed E-state index contributed by atoms with van der Waals surface area (Å²) in [7, 11) is 0. The van der Waals surface area contributed by atoms with Gasteiger partial charge in [0.15, 0.2) is 5.82 Å². The predicted molar refractivity (Wildman–Crippen MR) is 82.9 cm³/mol. The summed E-state index contributed by atoms with van der Waals surface area (Å²) in [5, 5.41) is 0. The molecule has 0 saturated carbocycles. The highest BCUT2D eigenvalue weighted by Crippen LogP contribution is 2.21. The van der Waals surface area contributed by atoms with Crippen molar-refractivity contribution < 1.29 is 0 Å². The molecule has 0 aliphatic carbocycles. The Morgan fingerprint density at radius 2 is 1.65 bits per heavy atom. The zero-order valence-electron chi connectivity index (χ0n) is 12.5. The molecule has 0 radical (unpaired) electrons. The molecule has 0 unspecified atom stereocenters. The molecule has 7 nitrogen and oxygen atoms in total. The summed E-state index contributed by atoms with van der Waals surface area (Å²) in [6.45, 7) is 2.65. The first kappa shape index (κ1) is 13.8. The molecule has 0 bridgehead atoms. The fourth-order valence-corrected chi connectivity index (χ4v) is 2.73. The van der Waals surface area contributed by atoms with Crippen molar-refractivity contribution in [2.45, 2.75) is 19.5 Å². The molecule has 23 heavy (non-hydrogen) atoms. The lowest BCUT2D eigenvalue weighted by Gasteiger charge is -2.27. The number of nitrogens with zero attached hydrogens (tertiary/aromatic N) is 7. The average molecular weight is 305 g/mol. The van der Waals surface area contributed by atoms with Crippen LogP contribution in [0.15, 0.2) is 43.6 Å². The second-order valence-corrected chi connectivity index (χ2v) is 5.50. The van der Waals surface area contributed by atoms with Crippen LogP contribution in [0.4, 0.5) is 0 Å². The van der Waals surface area contributed by atoms with E-state index in [1.165, 1.54) is 11.9 Å². The van der Waals surface area contributed by atoms with E-state index >= 15 is 0 Å². The van der Waals surface area contributed by atoms with E-state index in [9.17, 15) is 0 Å². The molecule has 3 aromatic heterocycles. The molecule has 0 aromatic carbocycles. The normalized spacial score (nSPS) is 14.4. The Balaban J connectivity index is 1.52. The van der Waals surface area contributed by atoms with Crippen LogP contribution in [-0.2, 0) is 19.5 Å². The maximum atomic E-state index is 4.68. The van der Waals surface area contributed by atoms with E-state index in [1.807, 2.05) is 18.6 Å². The summed E-state index contributed by atoms with van der Waals surface area (Å²) < 4.78 is 0. The van der Waals surface area contributed by atoms with E-state index in [-0.39, 0.29) is 0 Å². The summed E-state index contributed by atoms with van der Waals surface area (Å²) >= 11 is 0. The first-order valence-electron chi connectivity index (χ1n) is 7.45. The van der Waals surface area contributed by atoms with Crippen molar-refractivity contribution in [3.8, 4) is 11.4 Å². The third kappa shape index (κ3) is 3.04. The maximum Gasteiger partial charge on any atom is 0.162 e. The van der Waals surface area contributed by atoms with Crippen LogP contribution in [0.1, 0.15) is 16.8 Å². The van der Waals surface area contributed by atoms with Crippen molar-refractivity contribution in [3.63, 3.8) is 0 Å². The van der Waals surface area contributed by atoms with Crippen molar-refractivity contribution in [3.05, 3.63) is 60.5 Å². The van der Waals surface area contributed by atoms with Crippen LogP contribution in [0.5, 0.6) is 0 Å². The summed E-state index contributed by atoms with van der Waals surface area (Å²) in [6.07, 6.45) is 13.1. The Labute approximate surface area is 133 Å². The zero-order valence-corrected chi connectivity index (χ0v) is 12.5. The highest BCUT2D eigenvalue weighted by atomic mass is 15.1. The van der Waals surface area contributed by atoms with Crippen molar-refractivity contribution in [2.75, 3.05) is 6.54 Å². The Hall–Kier alpha value is -2.80. The largest absolute Gasteiger partial charge is 0.294 e. The smallest absolute Gasteiger partial charge is 0.162 e. The molecule has 0 fully saturated rings. The number of hydrogen-bond acceptors (Lipinski definition) is 7. The predicted octanol–water partition coefficient (Wildman–Crippen LogP) is 1.28. The molecule has 1 aliphatic rings. The Morgan fingerprint density at radius 3 is 2.43 bits per heavy atom. The fourth-order valence-electron chi connectivity index (χ4n) is 2.73. The van der Waals surface area contributed by atoms with Gasteiger partial charge in [0.2, 0.25) is 0 Å². The van der Waals surface area contributed by atoms with Crippen LogP contribution >= 0.6 is 0 Å². The summed E-state index contributed by atoms with van der Waals surface area (Å²) in [4.78, 5) is 27.7. The molecule has 114 valence electrons. The second-order valence-electron chi connectivity index (χ2n) is 5.50. The minimum Gasteiger partial charge on any atom is -0.294 e. The summed E-state index contributed by atoms with van der Waals surface area (Å²) in [6, 6.07) is 0. The quantitative estimate of drug-likeness (QED) is 0.721. The van der Waals surface area contributed by atoms with Gasteiger partial charge in [-0.15, -0.1) is 0 Å². The Morgan fingerprint density at radius 1 is 0.913 bits per heavy atom. The SMILES string of the molecule is c1ncc(CN2CCc3nc(-c4cncnc4)ncc3C2)cn1. The zero-order chi connectivity index (χ0) is 15.5. The minimum absolute atomic E-state index is 0.689. The van der Waals surface area contributed by atoms with Crippen LogP contribution in [0.3, 0.4) is 0 Å². The molecular weight excluding hydrogens is 290 g/mol. The van der Waals surface area contributed by atoms with E-state index in [2.05, 4.69) is 34.8 Å². The van der Waals surface area contributed by atoms with Gasteiger partial charge in [-0.3, -0.25) is 4.90 Å². The van der Waals surface area contributed by atoms with Gasteiger partial charge in [0.05, 0.1) is 11.3 Å². The highest BCUT2D eigenvalue weighted by Gasteiger charge is 2.19. The molecule has 3 aromatic rings. The van der Waals surface area contributed by atoms with Crippen LogP contribution < -0.4 is 0 Å². The maximum absolute atomic E-state index is 4.68. The van der Waals surface area contributed by atoms with Crippen molar-refractivity contribution in [1.29, 1.82) is 0 Å². The second kappa shape index (κ2) is 6.13. The van der Waals surface area contributed by atoms with Gasteiger partial charge in [-0.05, 0) is 0 Å². The van der Waals surface area contributed by atoms with Gasteiger partial charge in [0.25, 0.3) is 0 Å². The van der Waals surface area contributed by atoms with Gasteiger partial charge >= 0.3 is 0 Å². The first-order valence-corrected chi connectivity index (χ1v) is 7.45. The first-order chi connectivity index (χ1) is 11.4. The lowest BCUT2D eigenvalue weighted by Crippen LogP contribution is -2.31. The molecule has 0 spiro atoms. The van der Waals surface area contributed by atoms with Gasteiger partial charge in [-0.1, -0.05) is 0 Å². The average Bonchev–Trinajstić information content (AvgIpc) is 2.63. The van der Waals surface area contributed by atoms with Crippen LogP contribution in [0, 0.1) is 0 Å². The minimum atomic E-state index is 0.689. The topological polar surface area (TPSA) is 80.6 Å². The molecule has 4 heterocycles. The summed E-state index contributed by atoms with van der Waals surface area (Å²) in [5.74, 6) is 0.689. The number of rotatable bonds is 3. The van der Waals surface area contributed by atoms with E-state index in [0.29, 0.717) is 5.82 Å². The van der Waals surface area contributed by atoms with Crippen molar-refractivity contribution in [2.24, 2.45) is 0 Å².